The molecule has 0 atom stereocenters. The van der Waals surface area contributed by atoms with E-state index in [0.29, 0.717) is 11.3 Å². The maximum Gasteiger partial charge on any atom is 0.124 e. The van der Waals surface area contributed by atoms with Crippen LogP contribution < -0.4 is 11.1 Å². The van der Waals surface area contributed by atoms with Crippen molar-refractivity contribution in [3.05, 3.63) is 53.3 Å². The first kappa shape index (κ1) is 13.0. The summed E-state index contributed by atoms with van der Waals surface area (Å²) in [5.41, 5.74) is 10.4. The average molecular weight is 303 g/mol. The van der Waals surface area contributed by atoms with Crippen molar-refractivity contribution in [3.8, 4) is 0 Å². The van der Waals surface area contributed by atoms with E-state index < -0.39 is 0 Å². The third-order valence-electron chi connectivity index (χ3n) is 2.86. The molecule has 0 unspecified atom stereocenters. The number of thiazole rings is 1. The number of hydrogen-bond donors (Lipinski definition) is 2. The van der Waals surface area contributed by atoms with Crippen LogP contribution in [0.3, 0.4) is 0 Å². The Bertz CT molecular complexity index is 798. The minimum atomic E-state index is -0.365. The highest BCUT2D eigenvalue weighted by Gasteiger charge is 2.08. The number of nitrogens with two attached hydrogens (primary N) is 1. The van der Waals surface area contributed by atoms with Gasteiger partial charge in [-0.05, 0) is 36.4 Å². The fourth-order valence-corrected chi connectivity index (χ4v) is 2.80. The van der Waals surface area contributed by atoms with Crippen molar-refractivity contribution in [2.24, 2.45) is 5.73 Å². The second kappa shape index (κ2) is 5.15. The third kappa shape index (κ3) is 2.48. The Kier molecular flexibility index (Phi) is 3.33. The van der Waals surface area contributed by atoms with Crippen LogP contribution in [0.25, 0.3) is 10.2 Å². The maximum absolute atomic E-state index is 13.3. The number of anilines is 2. The largest absolute Gasteiger partial charge is 0.389 e. The summed E-state index contributed by atoms with van der Waals surface area (Å²) in [6, 6.07) is 10.2. The monoisotopic (exact) mass is 303 g/mol. The molecule has 1 aromatic heterocycles. The predicted molar refractivity (Wildman–Crippen MR) is 85.2 cm³/mol. The molecule has 3 nitrogen and oxygen atoms in total. The van der Waals surface area contributed by atoms with Gasteiger partial charge in [0.1, 0.15) is 10.8 Å². The smallest absolute Gasteiger partial charge is 0.124 e. The lowest BCUT2D eigenvalue weighted by Gasteiger charge is -2.11. The number of aromatic nitrogens is 1. The van der Waals surface area contributed by atoms with Gasteiger partial charge in [-0.15, -0.1) is 11.3 Å². The van der Waals surface area contributed by atoms with Crippen LogP contribution in [0.5, 0.6) is 0 Å². The molecule has 0 saturated heterocycles. The highest BCUT2D eigenvalue weighted by molar-refractivity contribution is 7.80. The minimum Gasteiger partial charge on any atom is -0.389 e. The molecule has 1 heterocycles. The van der Waals surface area contributed by atoms with Crippen LogP contribution in [0.1, 0.15) is 5.56 Å². The van der Waals surface area contributed by atoms with Gasteiger partial charge in [0.2, 0.25) is 0 Å². The van der Waals surface area contributed by atoms with E-state index in [-0.39, 0.29) is 10.8 Å². The second-order valence-electron chi connectivity index (χ2n) is 4.21. The molecule has 0 aliphatic carbocycles. The van der Waals surface area contributed by atoms with E-state index in [1.807, 2.05) is 18.2 Å². The molecule has 0 spiro atoms. The van der Waals surface area contributed by atoms with Gasteiger partial charge in [-0.25, -0.2) is 9.37 Å². The summed E-state index contributed by atoms with van der Waals surface area (Å²) in [7, 11) is 0. The van der Waals surface area contributed by atoms with Crippen LogP contribution in [0.2, 0.25) is 0 Å². The summed E-state index contributed by atoms with van der Waals surface area (Å²) in [6.07, 6.45) is 0. The minimum absolute atomic E-state index is 0.158. The van der Waals surface area contributed by atoms with Gasteiger partial charge >= 0.3 is 0 Å². The van der Waals surface area contributed by atoms with E-state index in [0.717, 1.165) is 15.9 Å². The number of nitrogens with zero attached hydrogens (tertiary/aromatic N) is 1. The van der Waals surface area contributed by atoms with Gasteiger partial charge in [0.05, 0.1) is 15.7 Å². The van der Waals surface area contributed by atoms with Gasteiger partial charge < -0.3 is 11.1 Å². The molecule has 6 heteroatoms. The zero-order valence-electron chi connectivity index (χ0n) is 10.3. The molecule has 0 fully saturated rings. The summed E-state index contributed by atoms with van der Waals surface area (Å²) in [4.78, 5) is 4.38. The Hall–Kier alpha value is -2.05. The number of rotatable bonds is 3. The molecule has 3 N–H and O–H groups in total. The van der Waals surface area contributed by atoms with Crippen LogP contribution >= 0.6 is 23.6 Å². The first-order chi connectivity index (χ1) is 9.63. The number of halogens is 1. The average Bonchev–Trinajstić information content (AvgIpc) is 2.88. The fraction of sp³-hybridized carbons (Fsp3) is 0. The number of thiocarbonyl (C=S) groups is 1. The van der Waals surface area contributed by atoms with Crippen LogP contribution in [-0.4, -0.2) is 9.97 Å². The van der Waals surface area contributed by atoms with Crippen LogP contribution in [-0.2, 0) is 0 Å². The van der Waals surface area contributed by atoms with Crippen LogP contribution in [0.15, 0.2) is 41.9 Å². The number of benzene rings is 2. The second-order valence-corrected chi connectivity index (χ2v) is 5.54. The Morgan fingerprint density at radius 2 is 2.10 bits per heavy atom. The SMILES string of the molecule is NC(=S)c1cc(F)ccc1Nc1ccc2ncsc2c1. The van der Waals surface area contributed by atoms with Crippen molar-refractivity contribution in [2.75, 3.05) is 5.32 Å². The molecule has 0 amide bonds. The molecular weight excluding hydrogens is 293 g/mol. The summed E-state index contributed by atoms with van der Waals surface area (Å²) in [5.74, 6) is -0.365. The zero-order valence-corrected chi connectivity index (χ0v) is 11.9. The van der Waals surface area contributed by atoms with Gasteiger partial charge in [-0.2, -0.15) is 0 Å². The van der Waals surface area contributed by atoms with Gasteiger partial charge in [0, 0.05) is 16.9 Å². The molecule has 0 radical (unpaired) electrons. The first-order valence-corrected chi connectivity index (χ1v) is 7.12. The number of hydrogen-bond acceptors (Lipinski definition) is 4. The van der Waals surface area contributed by atoms with Crippen molar-refractivity contribution in [3.63, 3.8) is 0 Å². The molecule has 0 bridgehead atoms. The van der Waals surface area contributed by atoms with Crippen molar-refractivity contribution in [1.82, 2.24) is 4.98 Å². The Morgan fingerprint density at radius 3 is 2.90 bits per heavy atom. The van der Waals surface area contributed by atoms with Gasteiger partial charge in [0.25, 0.3) is 0 Å². The highest BCUT2D eigenvalue weighted by Crippen LogP contribution is 2.26. The van der Waals surface area contributed by atoms with Crippen molar-refractivity contribution in [1.29, 1.82) is 0 Å². The normalized spacial score (nSPS) is 10.7. The van der Waals surface area contributed by atoms with Crippen LogP contribution in [0, 0.1) is 5.82 Å². The summed E-state index contributed by atoms with van der Waals surface area (Å²) in [6.45, 7) is 0. The third-order valence-corrected chi connectivity index (χ3v) is 3.87. The molecule has 3 aromatic rings. The quantitative estimate of drug-likeness (QED) is 0.722. The Balaban J connectivity index is 1.99. The van der Waals surface area contributed by atoms with E-state index in [1.165, 1.54) is 12.1 Å². The van der Waals surface area contributed by atoms with Crippen molar-refractivity contribution < 1.29 is 4.39 Å². The summed E-state index contributed by atoms with van der Waals surface area (Å²) in [5, 5.41) is 3.21. The Labute approximate surface area is 124 Å². The molecule has 0 saturated carbocycles. The van der Waals surface area contributed by atoms with Crippen molar-refractivity contribution >= 4 is 50.1 Å². The molecule has 100 valence electrons. The summed E-state index contributed by atoms with van der Waals surface area (Å²) >= 11 is 6.52. The van der Waals surface area contributed by atoms with Gasteiger partial charge in [-0.3, -0.25) is 0 Å². The van der Waals surface area contributed by atoms with Gasteiger partial charge in [0.15, 0.2) is 0 Å². The summed E-state index contributed by atoms with van der Waals surface area (Å²) < 4.78 is 14.3. The van der Waals surface area contributed by atoms with E-state index in [1.54, 1.807) is 22.9 Å². The predicted octanol–water partition coefficient (Wildman–Crippen LogP) is 3.81. The zero-order chi connectivity index (χ0) is 14.1. The lowest BCUT2D eigenvalue weighted by atomic mass is 10.1. The Morgan fingerprint density at radius 1 is 1.25 bits per heavy atom. The van der Waals surface area contributed by atoms with Crippen molar-refractivity contribution in [2.45, 2.75) is 0 Å². The van der Waals surface area contributed by atoms with E-state index >= 15 is 0 Å². The van der Waals surface area contributed by atoms with E-state index in [4.69, 9.17) is 18.0 Å². The molecule has 3 rings (SSSR count). The maximum atomic E-state index is 13.3. The lowest BCUT2D eigenvalue weighted by Crippen LogP contribution is -2.12. The molecule has 2 aromatic carbocycles. The molecule has 0 aliphatic heterocycles. The molecular formula is C14H10FN3S2. The lowest BCUT2D eigenvalue weighted by molar-refractivity contribution is 0.628. The van der Waals surface area contributed by atoms with E-state index in [2.05, 4.69) is 10.3 Å². The van der Waals surface area contributed by atoms with E-state index in [9.17, 15) is 4.39 Å². The standard InChI is InChI=1S/C14H10FN3S2/c15-8-1-3-11(10(5-8)14(16)19)18-9-2-4-12-13(6-9)20-7-17-12/h1-7,18H,(H2,16,19). The fourth-order valence-electron chi connectivity index (χ4n) is 1.92. The van der Waals surface area contributed by atoms with Crippen LogP contribution in [0.4, 0.5) is 15.8 Å². The topological polar surface area (TPSA) is 50.9 Å². The number of fused-ring (bicyclic) bond motifs is 1. The molecule has 0 aliphatic rings. The number of nitrogens with one attached hydrogen (secondary N) is 1. The molecule has 20 heavy (non-hydrogen) atoms. The van der Waals surface area contributed by atoms with Gasteiger partial charge in [-0.1, -0.05) is 12.2 Å². The first-order valence-electron chi connectivity index (χ1n) is 5.83. The highest BCUT2D eigenvalue weighted by atomic mass is 32.1.